The molecule has 1 aliphatic rings. The van der Waals surface area contributed by atoms with Crippen molar-refractivity contribution >= 4 is 17.6 Å². The summed E-state index contributed by atoms with van der Waals surface area (Å²) in [4.78, 5) is 22.8. The molecule has 1 aliphatic heterocycles. The van der Waals surface area contributed by atoms with Crippen LogP contribution >= 0.6 is 11.6 Å². The molecule has 0 saturated carbocycles. The molecule has 0 unspecified atom stereocenters. The second-order valence-electron chi connectivity index (χ2n) is 9.28. The number of aromatic nitrogens is 2. The number of rotatable bonds is 9. The maximum absolute atomic E-state index is 11.3. The number of aliphatic carboxylic acids is 1. The summed E-state index contributed by atoms with van der Waals surface area (Å²) in [6, 6.07) is 12.0. The molecule has 1 N–H and O–H groups in total. The molecule has 1 atom stereocenters. The first-order valence-corrected chi connectivity index (χ1v) is 12.6. The van der Waals surface area contributed by atoms with Gasteiger partial charge in [-0.05, 0) is 74.5 Å². The fraction of sp³-hybridized carbons (Fsp3) is 0.393. The first kappa shape index (κ1) is 25.1. The van der Waals surface area contributed by atoms with Crippen LogP contribution in [0, 0.1) is 5.92 Å². The molecule has 6 nitrogen and oxygen atoms in total. The molecule has 184 valence electrons. The van der Waals surface area contributed by atoms with E-state index in [1.54, 1.807) is 0 Å². The number of carbonyl (C=O) groups is 1. The molecule has 0 aliphatic carbocycles. The van der Waals surface area contributed by atoms with Gasteiger partial charge in [-0.25, -0.2) is 9.97 Å². The molecule has 2 heterocycles. The summed E-state index contributed by atoms with van der Waals surface area (Å²) in [5.74, 6) is 0.340. The van der Waals surface area contributed by atoms with Crippen LogP contribution < -0.4 is 4.74 Å². The molecule has 0 radical (unpaired) electrons. The number of hydrogen-bond acceptors (Lipinski definition) is 5. The molecular formula is C28H32ClN3O3. The Morgan fingerprint density at radius 1 is 1.20 bits per heavy atom. The Morgan fingerprint density at radius 2 is 1.97 bits per heavy atom. The highest BCUT2D eigenvalue weighted by Crippen LogP contribution is 2.31. The molecule has 35 heavy (non-hydrogen) atoms. The van der Waals surface area contributed by atoms with Gasteiger partial charge in [0.2, 0.25) is 0 Å². The summed E-state index contributed by atoms with van der Waals surface area (Å²) in [5.41, 5.74) is 5.54. The van der Waals surface area contributed by atoms with Crippen LogP contribution in [0.25, 0.3) is 22.5 Å². The summed E-state index contributed by atoms with van der Waals surface area (Å²) in [6.45, 7) is 8.45. The van der Waals surface area contributed by atoms with Gasteiger partial charge in [0.15, 0.2) is 5.82 Å². The zero-order valence-electron chi connectivity index (χ0n) is 20.5. The molecule has 7 heteroatoms. The second kappa shape index (κ2) is 11.2. The molecule has 1 fully saturated rings. The lowest BCUT2D eigenvalue weighted by molar-refractivity contribution is -0.141. The van der Waals surface area contributed by atoms with Gasteiger partial charge in [0, 0.05) is 36.6 Å². The average molecular weight is 494 g/mol. The van der Waals surface area contributed by atoms with Crippen molar-refractivity contribution in [2.45, 2.75) is 46.1 Å². The van der Waals surface area contributed by atoms with Gasteiger partial charge < -0.3 is 14.7 Å². The summed E-state index contributed by atoms with van der Waals surface area (Å²) >= 11 is 6.39. The van der Waals surface area contributed by atoms with Gasteiger partial charge in [-0.15, -0.1) is 0 Å². The van der Waals surface area contributed by atoms with E-state index in [-0.39, 0.29) is 12.0 Å². The molecular weight excluding hydrogens is 462 g/mol. The monoisotopic (exact) mass is 493 g/mol. The van der Waals surface area contributed by atoms with Crippen molar-refractivity contribution in [2.75, 3.05) is 19.6 Å². The fourth-order valence-electron chi connectivity index (χ4n) is 4.68. The smallest absolute Gasteiger partial charge is 0.307 e. The maximum atomic E-state index is 11.3. The van der Waals surface area contributed by atoms with E-state index in [0.717, 1.165) is 49.0 Å². The van der Waals surface area contributed by atoms with Crippen LogP contribution in [0.2, 0.25) is 5.02 Å². The zero-order valence-corrected chi connectivity index (χ0v) is 21.3. The van der Waals surface area contributed by atoms with Crippen molar-refractivity contribution in [3.63, 3.8) is 0 Å². The van der Waals surface area contributed by atoms with Crippen molar-refractivity contribution in [3.05, 3.63) is 64.9 Å². The Bertz CT molecular complexity index is 1180. The molecule has 1 saturated heterocycles. The van der Waals surface area contributed by atoms with Gasteiger partial charge in [-0.3, -0.25) is 4.79 Å². The Labute approximate surface area is 211 Å². The fourth-order valence-corrected chi connectivity index (χ4v) is 4.90. The molecule has 0 spiro atoms. The standard InChI is InChI=1S/C28H32ClN3O3/c1-4-23-19(10-12-32-13-11-21(17-32)28(33)34)6-5-7-24(23)22-15-30-27(31-16-22)20-8-9-26(25(29)14-20)35-18(2)3/h5-9,14-16,18,21H,4,10-13,17H2,1-3H3,(H,33,34)/t21-/m0/s1. The number of ether oxygens (including phenoxy) is 1. The lowest BCUT2D eigenvalue weighted by Gasteiger charge is -2.18. The maximum Gasteiger partial charge on any atom is 0.307 e. The summed E-state index contributed by atoms with van der Waals surface area (Å²) < 4.78 is 5.72. The molecule has 1 aromatic heterocycles. The Balaban J connectivity index is 1.50. The minimum Gasteiger partial charge on any atom is -0.489 e. The largest absolute Gasteiger partial charge is 0.489 e. The number of hydrogen-bond donors (Lipinski definition) is 1. The first-order chi connectivity index (χ1) is 16.9. The third kappa shape index (κ3) is 6.00. The minimum atomic E-state index is -0.686. The van der Waals surface area contributed by atoms with E-state index < -0.39 is 5.97 Å². The van der Waals surface area contributed by atoms with Crippen LogP contribution in [0.4, 0.5) is 0 Å². The third-order valence-electron chi connectivity index (χ3n) is 6.46. The minimum absolute atomic E-state index is 0.0504. The highest BCUT2D eigenvalue weighted by molar-refractivity contribution is 6.32. The number of likely N-dealkylation sites (tertiary alicyclic amines) is 1. The predicted octanol–water partition coefficient (Wildman–Crippen LogP) is 5.76. The Morgan fingerprint density at radius 3 is 2.60 bits per heavy atom. The van der Waals surface area contributed by atoms with Crippen LogP contribution in [0.3, 0.4) is 0 Å². The van der Waals surface area contributed by atoms with Crippen molar-refractivity contribution in [3.8, 4) is 28.3 Å². The highest BCUT2D eigenvalue weighted by Gasteiger charge is 2.27. The van der Waals surface area contributed by atoms with Gasteiger partial charge in [0.05, 0.1) is 17.0 Å². The van der Waals surface area contributed by atoms with Crippen LogP contribution in [-0.4, -0.2) is 51.7 Å². The molecule has 4 rings (SSSR count). The predicted molar refractivity (Wildman–Crippen MR) is 139 cm³/mol. The number of benzene rings is 2. The normalized spacial score (nSPS) is 16.1. The topological polar surface area (TPSA) is 75.6 Å². The average Bonchev–Trinajstić information content (AvgIpc) is 3.33. The van der Waals surface area contributed by atoms with Crippen molar-refractivity contribution in [1.29, 1.82) is 0 Å². The molecule has 0 bridgehead atoms. The van der Waals surface area contributed by atoms with E-state index in [9.17, 15) is 9.90 Å². The second-order valence-corrected chi connectivity index (χ2v) is 9.69. The van der Waals surface area contributed by atoms with E-state index in [0.29, 0.717) is 23.1 Å². The number of halogens is 1. The van der Waals surface area contributed by atoms with Crippen LogP contribution in [0.15, 0.2) is 48.8 Å². The lowest BCUT2D eigenvalue weighted by atomic mass is 9.93. The summed E-state index contributed by atoms with van der Waals surface area (Å²) in [7, 11) is 0. The SMILES string of the molecule is CCc1c(CCN2CC[C@H](C(=O)O)C2)cccc1-c1cnc(-c2ccc(OC(C)C)c(Cl)c2)nc1. The van der Waals surface area contributed by atoms with Crippen LogP contribution in [0.1, 0.15) is 38.3 Å². The highest BCUT2D eigenvalue weighted by atomic mass is 35.5. The van der Waals surface area contributed by atoms with Crippen molar-refractivity contribution in [2.24, 2.45) is 5.92 Å². The van der Waals surface area contributed by atoms with E-state index in [1.165, 1.54) is 11.1 Å². The van der Waals surface area contributed by atoms with Crippen molar-refractivity contribution in [1.82, 2.24) is 14.9 Å². The molecule has 0 amide bonds. The van der Waals surface area contributed by atoms with Gasteiger partial charge in [0.1, 0.15) is 5.75 Å². The Kier molecular flexibility index (Phi) is 8.04. The van der Waals surface area contributed by atoms with Crippen LogP contribution in [0.5, 0.6) is 5.75 Å². The van der Waals surface area contributed by atoms with E-state index in [2.05, 4.69) is 40.0 Å². The quantitative estimate of drug-likeness (QED) is 0.408. The van der Waals surface area contributed by atoms with E-state index in [4.69, 9.17) is 16.3 Å². The molecule has 3 aromatic rings. The van der Waals surface area contributed by atoms with Gasteiger partial charge >= 0.3 is 5.97 Å². The third-order valence-corrected chi connectivity index (χ3v) is 6.76. The number of nitrogens with zero attached hydrogens (tertiary/aromatic N) is 3. The molecule has 2 aromatic carbocycles. The van der Waals surface area contributed by atoms with E-state index in [1.807, 2.05) is 44.4 Å². The lowest BCUT2D eigenvalue weighted by Crippen LogP contribution is -2.25. The zero-order chi connectivity index (χ0) is 24.9. The van der Waals surface area contributed by atoms with Gasteiger partial charge in [-0.2, -0.15) is 0 Å². The number of carboxylic acids is 1. The van der Waals surface area contributed by atoms with Gasteiger partial charge in [0.25, 0.3) is 0 Å². The first-order valence-electron chi connectivity index (χ1n) is 12.2. The van der Waals surface area contributed by atoms with E-state index >= 15 is 0 Å². The van der Waals surface area contributed by atoms with Gasteiger partial charge in [-0.1, -0.05) is 36.7 Å². The van der Waals surface area contributed by atoms with Crippen LogP contribution in [-0.2, 0) is 17.6 Å². The summed E-state index contributed by atoms with van der Waals surface area (Å²) in [5, 5.41) is 9.80. The summed E-state index contributed by atoms with van der Waals surface area (Å²) in [6.07, 6.45) is 6.31. The number of carboxylic acid groups (broad SMARTS) is 1. The van der Waals surface area contributed by atoms with Crippen molar-refractivity contribution < 1.29 is 14.6 Å². The Hall–Kier alpha value is -2.96.